The van der Waals surface area contributed by atoms with Gasteiger partial charge in [-0.1, -0.05) is 0 Å². The standard InChI is InChI=1S/C7H3F3N2O2.2H2O/c8-7(9,10)4-1-5(13)12-6(14)3(4)2-11;;/h1H2,(H,12,13,14);2*1H2. The zero-order valence-electron chi connectivity index (χ0n) is 7.60. The lowest BCUT2D eigenvalue weighted by Crippen LogP contribution is -2.39. The van der Waals surface area contributed by atoms with E-state index in [-0.39, 0.29) is 11.0 Å². The molecule has 0 saturated carbocycles. The molecule has 0 aromatic heterocycles. The Morgan fingerprint density at radius 2 is 1.75 bits per heavy atom. The first-order valence-electron chi connectivity index (χ1n) is 3.41. The molecular weight excluding hydrogens is 233 g/mol. The number of hydrogen-bond donors (Lipinski definition) is 1. The van der Waals surface area contributed by atoms with Crippen LogP contribution in [0.2, 0.25) is 0 Å². The number of nitriles is 1. The molecular formula is C7H7F3N2O4. The van der Waals surface area contributed by atoms with Gasteiger partial charge >= 0.3 is 6.18 Å². The molecule has 5 N–H and O–H groups in total. The maximum absolute atomic E-state index is 12.2. The molecule has 0 aromatic rings. The first kappa shape index (κ1) is 16.5. The molecule has 1 heterocycles. The molecule has 1 rings (SSSR count). The van der Waals surface area contributed by atoms with Crippen molar-refractivity contribution in [3.8, 4) is 6.07 Å². The summed E-state index contributed by atoms with van der Waals surface area (Å²) in [6.07, 6.45) is -5.81. The zero-order chi connectivity index (χ0) is 10.9. The first-order chi connectivity index (χ1) is 6.36. The van der Waals surface area contributed by atoms with Crippen LogP contribution in [0.25, 0.3) is 0 Å². The van der Waals surface area contributed by atoms with Crippen molar-refractivity contribution < 1.29 is 33.7 Å². The van der Waals surface area contributed by atoms with Gasteiger partial charge in [-0.3, -0.25) is 14.9 Å². The van der Waals surface area contributed by atoms with Crippen molar-refractivity contribution in [2.75, 3.05) is 0 Å². The minimum Gasteiger partial charge on any atom is -0.412 e. The van der Waals surface area contributed by atoms with Crippen LogP contribution in [0, 0.1) is 11.3 Å². The Kier molecular flexibility index (Phi) is 5.41. The summed E-state index contributed by atoms with van der Waals surface area (Å²) in [5, 5.41) is 9.93. The van der Waals surface area contributed by atoms with Gasteiger partial charge in [0, 0.05) is 0 Å². The highest BCUT2D eigenvalue weighted by molar-refractivity contribution is 6.10. The van der Waals surface area contributed by atoms with E-state index in [1.807, 2.05) is 0 Å². The monoisotopic (exact) mass is 240 g/mol. The molecule has 16 heavy (non-hydrogen) atoms. The number of amides is 2. The molecule has 0 atom stereocenters. The fourth-order valence-corrected chi connectivity index (χ4v) is 0.980. The van der Waals surface area contributed by atoms with Crippen LogP contribution in [0.5, 0.6) is 0 Å². The highest BCUT2D eigenvalue weighted by Gasteiger charge is 2.42. The van der Waals surface area contributed by atoms with Crippen LogP contribution in [0.15, 0.2) is 11.1 Å². The number of alkyl halides is 3. The van der Waals surface area contributed by atoms with Crippen molar-refractivity contribution >= 4 is 11.8 Å². The Morgan fingerprint density at radius 1 is 1.25 bits per heavy atom. The van der Waals surface area contributed by atoms with Crippen LogP contribution >= 0.6 is 0 Å². The van der Waals surface area contributed by atoms with Crippen molar-refractivity contribution in [1.82, 2.24) is 5.32 Å². The number of imide groups is 1. The number of nitrogens with one attached hydrogen (secondary N) is 1. The number of carbonyl (C=O) groups is 2. The van der Waals surface area contributed by atoms with Gasteiger partial charge in [-0.25, -0.2) is 0 Å². The molecule has 0 aliphatic carbocycles. The van der Waals surface area contributed by atoms with Gasteiger partial charge in [0.15, 0.2) is 0 Å². The quantitative estimate of drug-likeness (QED) is 0.531. The third-order valence-corrected chi connectivity index (χ3v) is 1.57. The predicted octanol–water partition coefficient (Wildman–Crippen LogP) is -1.23. The molecule has 0 spiro atoms. The fraction of sp³-hybridized carbons (Fsp3) is 0.286. The largest absolute Gasteiger partial charge is 0.414 e. The van der Waals surface area contributed by atoms with Crippen LogP contribution in [0.1, 0.15) is 6.42 Å². The lowest BCUT2D eigenvalue weighted by Gasteiger charge is -2.17. The molecule has 0 aromatic carbocycles. The Hall–Kier alpha value is -1.92. The Labute approximate surface area is 87.0 Å². The molecule has 0 radical (unpaired) electrons. The van der Waals surface area contributed by atoms with Crippen LogP contribution in [0.4, 0.5) is 13.2 Å². The van der Waals surface area contributed by atoms with E-state index in [1.165, 1.54) is 0 Å². The number of carbonyl (C=O) groups excluding carboxylic acids is 2. The van der Waals surface area contributed by atoms with Gasteiger partial charge in [0.25, 0.3) is 5.91 Å². The number of halogens is 3. The Bertz CT molecular complexity index is 380. The molecule has 6 nitrogen and oxygen atoms in total. The molecule has 9 heteroatoms. The Balaban J connectivity index is 0. The lowest BCUT2D eigenvalue weighted by molar-refractivity contribution is -0.133. The normalized spacial score (nSPS) is 15.6. The topological polar surface area (TPSA) is 133 Å². The van der Waals surface area contributed by atoms with Gasteiger partial charge in [0.05, 0.1) is 12.0 Å². The van der Waals surface area contributed by atoms with Gasteiger partial charge in [0.2, 0.25) is 5.91 Å². The number of nitrogens with zero attached hydrogens (tertiary/aromatic N) is 1. The highest BCUT2D eigenvalue weighted by atomic mass is 19.4. The van der Waals surface area contributed by atoms with Gasteiger partial charge < -0.3 is 11.0 Å². The van der Waals surface area contributed by atoms with Crippen molar-refractivity contribution in [3.05, 3.63) is 11.1 Å². The molecule has 0 bridgehead atoms. The Morgan fingerprint density at radius 3 is 2.12 bits per heavy atom. The van der Waals surface area contributed by atoms with E-state index in [9.17, 15) is 22.8 Å². The van der Waals surface area contributed by atoms with Gasteiger partial charge in [-0.15, -0.1) is 0 Å². The predicted molar refractivity (Wildman–Crippen MR) is 43.7 cm³/mol. The summed E-state index contributed by atoms with van der Waals surface area (Å²) in [7, 11) is 0. The van der Waals surface area contributed by atoms with E-state index in [1.54, 1.807) is 5.32 Å². The van der Waals surface area contributed by atoms with Crippen molar-refractivity contribution in [3.63, 3.8) is 0 Å². The van der Waals surface area contributed by atoms with Gasteiger partial charge in [0.1, 0.15) is 11.6 Å². The van der Waals surface area contributed by atoms with Crippen molar-refractivity contribution in [2.45, 2.75) is 12.6 Å². The highest BCUT2D eigenvalue weighted by Crippen LogP contribution is 2.32. The summed E-state index contributed by atoms with van der Waals surface area (Å²) in [5.41, 5.74) is -2.43. The summed E-state index contributed by atoms with van der Waals surface area (Å²) in [6, 6.07) is 1.13. The van der Waals surface area contributed by atoms with Crippen LogP contribution in [-0.4, -0.2) is 28.9 Å². The zero-order valence-corrected chi connectivity index (χ0v) is 7.60. The second-order valence-electron chi connectivity index (χ2n) is 2.52. The van der Waals surface area contributed by atoms with Gasteiger partial charge in [-0.05, 0) is 0 Å². The second-order valence-corrected chi connectivity index (χ2v) is 2.52. The molecule has 2 amide bonds. The number of rotatable bonds is 0. The van der Waals surface area contributed by atoms with E-state index in [2.05, 4.69) is 0 Å². The van der Waals surface area contributed by atoms with Crippen LogP contribution in [0.3, 0.4) is 0 Å². The second kappa shape index (κ2) is 5.24. The maximum atomic E-state index is 12.2. The summed E-state index contributed by atoms with van der Waals surface area (Å²) in [6.45, 7) is 0. The molecule has 1 aliphatic rings. The average molecular weight is 240 g/mol. The average Bonchev–Trinajstić information content (AvgIpc) is 2.01. The van der Waals surface area contributed by atoms with Crippen LogP contribution in [-0.2, 0) is 9.59 Å². The lowest BCUT2D eigenvalue weighted by atomic mass is 10.0. The third-order valence-electron chi connectivity index (χ3n) is 1.57. The molecule has 1 aliphatic heterocycles. The summed E-state index contributed by atoms with van der Waals surface area (Å²) in [4.78, 5) is 21.4. The van der Waals surface area contributed by atoms with Crippen LogP contribution < -0.4 is 5.32 Å². The summed E-state index contributed by atoms with van der Waals surface area (Å²) >= 11 is 0. The van der Waals surface area contributed by atoms with E-state index in [4.69, 9.17) is 5.26 Å². The van der Waals surface area contributed by atoms with Crippen molar-refractivity contribution in [1.29, 1.82) is 5.26 Å². The molecule has 0 unspecified atom stereocenters. The van der Waals surface area contributed by atoms with E-state index in [0.29, 0.717) is 0 Å². The van der Waals surface area contributed by atoms with E-state index in [0.717, 1.165) is 6.07 Å². The van der Waals surface area contributed by atoms with E-state index >= 15 is 0 Å². The summed E-state index contributed by atoms with van der Waals surface area (Å²) in [5.74, 6) is -2.35. The smallest absolute Gasteiger partial charge is 0.412 e. The van der Waals surface area contributed by atoms with Crippen molar-refractivity contribution in [2.24, 2.45) is 0 Å². The van der Waals surface area contributed by atoms with Gasteiger partial charge in [-0.2, -0.15) is 18.4 Å². The summed E-state index contributed by atoms with van der Waals surface area (Å²) < 4.78 is 36.6. The minimum absolute atomic E-state index is 0. The fourth-order valence-electron chi connectivity index (χ4n) is 0.980. The number of hydrogen-bond acceptors (Lipinski definition) is 3. The minimum atomic E-state index is -4.82. The SMILES string of the molecule is N#CC1=C(C(F)(F)F)CC(=O)NC1=O.O.O. The maximum Gasteiger partial charge on any atom is 0.414 e. The molecule has 0 saturated heterocycles. The molecule has 90 valence electrons. The van der Waals surface area contributed by atoms with E-state index < -0.39 is 35.6 Å². The first-order valence-corrected chi connectivity index (χ1v) is 3.41. The third kappa shape index (κ3) is 3.04. The molecule has 0 fully saturated rings.